The summed E-state index contributed by atoms with van der Waals surface area (Å²) in [6.07, 6.45) is 0. The van der Waals surface area contributed by atoms with E-state index in [4.69, 9.17) is 9.47 Å². The first-order valence-corrected chi connectivity index (χ1v) is 9.72. The largest absolute Gasteiger partial charge is 0.496 e. The van der Waals surface area contributed by atoms with E-state index in [1.807, 2.05) is 31.3 Å². The van der Waals surface area contributed by atoms with Gasteiger partial charge in [-0.2, -0.15) is 0 Å². The SMILES string of the molecule is COc1ccc(C)cc1C[NH+](C)CC(=O)Nc1ccc(N2CCOCC2)cc1. The molecular formula is C22H30N3O3+. The fourth-order valence-corrected chi connectivity index (χ4v) is 3.49. The third-order valence-corrected chi connectivity index (χ3v) is 4.92. The number of hydrogen-bond acceptors (Lipinski definition) is 4. The molecule has 0 aliphatic carbocycles. The molecule has 1 heterocycles. The lowest BCUT2D eigenvalue weighted by Crippen LogP contribution is -3.08. The molecule has 1 aliphatic heterocycles. The van der Waals surface area contributed by atoms with Crippen LogP contribution < -0.4 is 19.9 Å². The van der Waals surface area contributed by atoms with E-state index >= 15 is 0 Å². The third kappa shape index (κ3) is 5.47. The Hall–Kier alpha value is -2.57. The number of nitrogens with one attached hydrogen (secondary N) is 2. The molecule has 6 heteroatoms. The lowest BCUT2D eigenvalue weighted by atomic mass is 10.1. The van der Waals surface area contributed by atoms with E-state index < -0.39 is 0 Å². The molecule has 6 nitrogen and oxygen atoms in total. The summed E-state index contributed by atoms with van der Waals surface area (Å²) in [6, 6.07) is 14.1. The second kappa shape index (κ2) is 9.57. The van der Waals surface area contributed by atoms with Gasteiger partial charge in [0.05, 0.1) is 27.4 Å². The average molecular weight is 385 g/mol. The summed E-state index contributed by atoms with van der Waals surface area (Å²) in [4.78, 5) is 15.8. The molecule has 0 bridgehead atoms. The topological polar surface area (TPSA) is 55.2 Å². The standard InChI is InChI=1S/C22H29N3O3/c1-17-4-9-21(27-3)18(14-17)15-24(2)16-22(26)23-19-5-7-20(8-6-19)25-10-12-28-13-11-25/h4-9,14H,10-13,15-16H2,1-3H3,(H,23,26)/p+1. The van der Waals surface area contributed by atoms with Gasteiger partial charge in [0.2, 0.25) is 0 Å². The van der Waals surface area contributed by atoms with Crippen molar-refractivity contribution in [3.8, 4) is 5.75 Å². The number of morpholine rings is 1. The van der Waals surface area contributed by atoms with Crippen LogP contribution in [0.2, 0.25) is 0 Å². The Bertz CT molecular complexity index is 786. The van der Waals surface area contributed by atoms with Crippen molar-refractivity contribution in [1.82, 2.24) is 0 Å². The second-order valence-electron chi connectivity index (χ2n) is 7.32. The highest BCUT2D eigenvalue weighted by Gasteiger charge is 2.15. The van der Waals surface area contributed by atoms with Crippen molar-refractivity contribution in [1.29, 1.82) is 0 Å². The maximum absolute atomic E-state index is 12.4. The fraction of sp³-hybridized carbons (Fsp3) is 0.409. The number of nitrogens with zero attached hydrogens (tertiary/aromatic N) is 1. The minimum atomic E-state index is 0.00300. The molecule has 150 valence electrons. The molecule has 28 heavy (non-hydrogen) atoms. The van der Waals surface area contributed by atoms with Crippen LogP contribution in [-0.2, 0) is 16.1 Å². The van der Waals surface area contributed by atoms with Crippen molar-refractivity contribution in [2.75, 3.05) is 57.2 Å². The summed E-state index contributed by atoms with van der Waals surface area (Å²) < 4.78 is 10.8. The minimum absolute atomic E-state index is 0.00300. The number of anilines is 2. The number of carbonyl (C=O) groups is 1. The molecule has 1 saturated heterocycles. The van der Waals surface area contributed by atoms with E-state index in [1.54, 1.807) is 7.11 Å². The van der Waals surface area contributed by atoms with Gasteiger partial charge in [0.15, 0.2) is 6.54 Å². The van der Waals surface area contributed by atoms with Gasteiger partial charge in [0, 0.05) is 30.0 Å². The Morgan fingerprint density at radius 1 is 1.18 bits per heavy atom. The van der Waals surface area contributed by atoms with Crippen molar-refractivity contribution in [2.45, 2.75) is 13.5 Å². The monoisotopic (exact) mass is 384 g/mol. The number of rotatable bonds is 7. The Labute approximate surface area is 167 Å². The first-order chi connectivity index (χ1) is 13.5. The van der Waals surface area contributed by atoms with Gasteiger partial charge in [-0.25, -0.2) is 0 Å². The van der Waals surface area contributed by atoms with Crippen LogP contribution in [0, 0.1) is 6.92 Å². The third-order valence-electron chi connectivity index (χ3n) is 4.92. The molecular weight excluding hydrogens is 354 g/mol. The van der Waals surface area contributed by atoms with Crippen LogP contribution in [0.4, 0.5) is 11.4 Å². The zero-order valence-corrected chi connectivity index (χ0v) is 17.0. The Balaban J connectivity index is 1.52. The Kier molecular flexibility index (Phi) is 6.90. The molecule has 3 rings (SSSR count). The van der Waals surface area contributed by atoms with Crippen LogP contribution in [0.3, 0.4) is 0 Å². The molecule has 1 fully saturated rings. The van der Waals surface area contributed by atoms with Gasteiger partial charge in [-0.15, -0.1) is 0 Å². The van der Waals surface area contributed by atoms with Gasteiger partial charge in [0.1, 0.15) is 12.3 Å². The molecule has 2 N–H and O–H groups in total. The molecule has 1 aliphatic rings. The molecule has 0 saturated carbocycles. The van der Waals surface area contributed by atoms with Crippen LogP contribution in [0.15, 0.2) is 42.5 Å². The number of aryl methyl sites for hydroxylation is 1. The van der Waals surface area contributed by atoms with Crippen LogP contribution >= 0.6 is 0 Å². The minimum Gasteiger partial charge on any atom is -0.496 e. The molecule has 2 aromatic rings. The molecule has 1 atom stereocenters. The highest BCUT2D eigenvalue weighted by Crippen LogP contribution is 2.19. The maximum Gasteiger partial charge on any atom is 0.279 e. The van der Waals surface area contributed by atoms with Crippen molar-refractivity contribution in [3.05, 3.63) is 53.6 Å². The lowest BCUT2D eigenvalue weighted by Gasteiger charge is -2.28. The predicted molar refractivity (Wildman–Crippen MR) is 111 cm³/mol. The second-order valence-corrected chi connectivity index (χ2v) is 7.32. The van der Waals surface area contributed by atoms with Crippen LogP contribution in [0.25, 0.3) is 0 Å². The number of hydrogen-bond donors (Lipinski definition) is 2. The number of quaternary nitrogens is 1. The highest BCUT2D eigenvalue weighted by molar-refractivity contribution is 5.91. The number of amides is 1. The van der Waals surface area contributed by atoms with Gasteiger partial charge in [-0.1, -0.05) is 11.6 Å². The van der Waals surface area contributed by atoms with Gasteiger partial charge in [-0.05, 0) is 43.3 Å². The molecule has 0 radical (unpaired) electrons. The number of carbonyl (C=O) groups excluding carboxylic acids is 1. The summed E-state index contributed by atoms with van der Waals surface area (Å²) in [6.45, 7) is 6.52. The summed E-state index contributed by atoms with van der Waals surface area (Å²) in [5, 5.41) is 2.99. The van der Waals surface area contributed by atoms with Gasteiger partial charge >= 0.3 is 0 Å². The normalized spacial score (nSPS) is 15.2. The fourth-order valence-electron chi connectivity index (χ4n) is 3.49. The van der Waals surface area contributed by atoms with Crippen molar-refractivity contribution in [2.24, 2.45) is 0 Å². The number of likely N-dealkylation sites (N-methyl/N-ethyl adjacent to an activating group) is 1. The molecule has 1 unspecified atom stereocenters. The summed E-state index contributed by atoms with van der Waals surface area (Å²) in [5.41, 5.74) is 4.29. The van der Waals surface area contributed by atoms with Crippen LogP contribution in [0.1, 0.15) is 11.1 Å². The van der Waals surface area contributed by atoms with Crippen molar-refractivity contribution >= 4 is 17.3 Å². The first kappa shape index (κ1) is 20.2. The van der Waals surface area contributed by atoms with Crippen LogP contribution in [0.5, 0.6) is 5.75 Å². The van der Waals surface area contributed by atoms with Crippen LogP contribution in [-0.4, -0.2) is 52.9 Å². The molecule has 2 aromatic carbocycles. The van der Waals surface area contributed by atoms with Gasteiger partial charge in [0.25, 0.3) is 5.91 Å². The molecule has 0 spiro atoms. The number of methoxy groups -OCH3 is 1. The average Bonchev–Trinajstić information content (AvgIpc) is 2.69. The predicted octanol–water partition coefficient (Wildman–Crippen LogP) is 1.49. The molecule has 0 aromatic heterocycles. The lowest BCUT2D eigenvalue weighted by molar-refractivity contribution is -0.885. The van der Waals surface area contributed by atoms with E-state index in [2.05, 4.69) is 35.3 Å². The molecule has 1 amide bonds. The van der Waals surface area contributed by atoms with Gasteiger partial charge in [-0.3, -0.25) is 4.79 Å². The Morgan fingerprint density at radius 3 is 2.57 bits per heavy atom. The first-order valence-electron chi connectivity index (χ1n) is 9.72. The van der Waals surface area contributed by atoms with E-state index in [1.165, 1.54) is 5.56 Å². The van der Waals surface area contributed by atoms with E-state index in [0.29, 0.717) is 6.54 Å². The zero-order valence-electron chi connectivity index (χ0n) is 17.0. The quantitative estimate of drug-likeness (QED) is 0.760. The smallest absolute Gasteiger partial charge is 0.279 e. The summed E-state index contributed by atoms with van der Waals surface area (Å²) in [5.74, 6) is 0.868. The maximum atomic E-state index is 12.4. The van der Waals surface area contributed by atoms with E-state index in [0.717, 1.165) is 60.4 Å². The summed E-state index contributed by atoms with van der Waals surface area (Å²) in [7, 11) is 3.69. The zero-order chi connectivity index (χ0) is 19.9. The number of ether oxygens (including phenoxy) is 2. The van der Waals surface area contributed by atoms with Crippen molar-refractivity contribution < 1.29 is 19.2 Å². The van der Waals surface area contributed by atoms with E-state index in [9.17, 15) is 4.79 Å². The summed E-state index contributed by atoms with van der Waals surface area (Å²) >= 11 is 0. The number of benzene rings is 2. The van der Waals surface area contributed by atoms with Gasteiger partial charge < -0.3 is 24.6 Å². The highest BCUT2D eigenvalue weighted by atomic mass is 16.5. The Morgan fingerprint density at radius 2 is 1.89 bits per heavy atom. The van der Waals surface area contributed by atoms with Crippen molar-refractivity contribution in [3.63, 3.8) is 0 Å². The van der Waals surface area contributed by atoms with E-state index in [-0.39, 0.29) is 5.91 Å².